The molecule has 31 heavy (non-hydrogen) atoms. The first-order valence-electron chi connectivity index (χ1n) is 9.83. The first-order chi connectivity index (χ1) is 14.8. The molecule has 1 atom stereocenters. The van der Waals surface area contributed by atoms with Crippen molar-refractivity contribution in [2.75, 3.05) is 44.1 Å². The van der Waals surface area contributed by atoms with Crippen LogP contribution in [0.1, 0.15) is 24.6 Å². The van der Waals surface area contributed by atoms with Crippen molar-refractivity contribution in [2.24, 2.45) is 0 Å². The minimum Gasteiger partial charge on any atom is -0.383 e. The van der Waals surface area contributed by atoms with Gasteiger partial charge in [-0.2, -0.15) is 0 Å². The number of methoxy groups -OCH3 is 1. The molecular weight excluding hydrogens is 506 g/mol. The number of halogens is 1. The average Bonchev–Trinajstić information content (AvgIpc) is 3.14. The molecule has 1 fully saturated rings. The van der Waals surface area contributed by atoms with Crippen LogP contribution in [0.15, 0.2) is 33.9 Å². The van der Waals surface area contributed by atoms with Crippen LogP contribution in [0.3, 0.4) is 0 Å². The lowest BCUT2D eigenvalue weighted by Gasteiger charge is -2.30. The first-order valence-corrected chi connectivity index (χ1v) is 13.5. The van der Waals surface area contributed by atoms with E-state index < -0.39 is 10.0 Å². The number of rotatable bonds is 9. The molecule has 2 aromatic rings. The number of thioether (sulfide) groups is 1. The van der Waals surface area contributed by atoms with Crippen LogP contribution in [-0.4, -0.2) is 72.2 Å². The summed E-state index contributed by atoms with van der Waals surface area (Å²) in [5, 5.41) is 12.1. The summed E-state index contributed by atoms with van der Waals surface area (Å²) in [5.41, 5.74) is 0.721. The molecule has 1 aliphatic heterocycles. The predicted octanol–water partition coefficient (Wildman–Crippen LogP) is 2.56. The highest BCUT2D eigenvalue weighted by Crippen LogP contribution is 2.29. The van der Waals surface area contributed by atoms with Crippen LogP contribution in [0.2, 0.25) is 0 Å². The number of amides is 1. The molecule has 1 aliphatic rings. The van der Waals surface area contributed by atoms with Crippen molar-refractivity contribution in [3.8, 4) is 0 Å². The van der Waals surface area contributed by atoms with Crippen LogP contribution in [0.25, 0.3) is 0 Å². The van der Waals surface area contributed by atoms with Crippen LogP contribution in [-0.2, 0) is 26.1 Å². The SMILES string of the molecule is COCCn1c(SCC(=O)Nc2ccc(Br)cc2)nnc1[C@H]1CCCN(S(C)(=O)=O)C1. The number of hydrogen-bond donors (Lipinski definition) is 1. The quantitative estimate of drug-likeness (QED) is 0.495. The zero-order valence-corrected chi connectivity index (χ0v) is 20.7. The number of benzene rings is 1. The Bertz CT molecular complexity index is 997. The standard InChI is InChI=1S/C19H26BrN5O4S2/c1-29-11-10-25-18(14-4-3-9-24(12-14)31(2,27)28)22-23-19(25)30-13-17(26)21-16-7-5-15(20)6-8-16/h5-8,14H,3-4,9-13H2,1-2H3,(H,21,26)/t14-/m0/s1. The lowest BCUT2D eigenvalue weighted by atomic mass is 9.99. The van der Waals surface area contributed by atoms with Gasteiger partial charge in [-0.1, -0.05) is 27.7 Å². The van der Waals surface area contributed by atoms with Crippen LogP contribution in [0, 0.1) is 0 Å². The van der Waals surface area contributed by atoms with E-state index in [1.54, 1.807) is 7.11 Å². The fraction of sp³-hybridized carbons (Fsp3) is 0.526. The summed E-state index contributed by atoms with van der Waals surface area (Å²) < 4.78 is 33.6. The second-order valence-electron chi connectivity index (χ2n) is 7.29. The number of piperidine rings is 1. The molecular formula is C19H26BrN5O4S2. The lowest BCUT2D eigenvalue weighted by Crippen LogP contribution is -2.39. The van der Waals surface area contributed by atoms with Gasteiger partial charge in [0, 0.05) is 42.8 Å². The molecule has 2 heterocycles. The summed E-state index contributed by atoms with van der Waals surface area (Å²) in [6, 6.07) is 7.37. The molecule has 170 valence electrons. The zero-order chi connectivity index (χ0) is 22.4. The third-order valence-corrected chi connectivity index (χ3v) is 7.71. The lowest BCUT2D eigenvalue weighted by molar-refractivity contribution is -0.113. The highest BCUT2D eigenvalue weighted by Gasteiger charge is 2.30. The van der Waals surface area contributed by atoms with Crippen molar-refractivity contribution in [1.29, 1.82) is 0 Å². The second kappa shape index (κ2) is 10.9. The molecule has 0 radical (unpaired) electrons. The molecule has 1 amide bonds. The van der Waals surface area contributed by atoms with Crippen LogP contribution in [0.4, 0.5) is 5.69 Å². The normalized spacial score (nSPS) is 17.6. The Hall–Kier alpha value is -1.47. The van der Waals surface area contributed by atoms with Gasteiger partial charge in [-0.15, -0.1) is 10.2 Å². The Morgan fingerprint density at radius 2 is 2.06 bits per heavy atom. The summed E-state index contributed by atoms with van der Waals surface area (Å²) in [4.78, 5) is 12.4. The average molecular weight is 532 g/mol. The van der Waals surface area contributed by atoms with E-state index in [0.717, 1.165) is 28.8 Å². The number of carbonyl (C=O) groups excluding carboxylic acids is 1. The monoisotopic (exact) mass is 531 g/mol. The molecule has 1 aromatic carbocycles. The van der Waals surface area contributed by atoms with Gasteiger partial charge in [0.15, 0.2) is 5.16 Å². The van der Waals surface area contributed by atoms with Gasteiger partial charge in [0.05, 0.1) is 18.6 Å². The summed E-state index contributed by atoms with van der Waals surface area (Å²) in [6.45, 7) is 1.91. The van der Waals surface area contributed by atoms with E-state index in [9.17, 15) is 13.2 Å². The Morgan fingerprint density at radius 3 is 2.74 bits per heavy atom. The van der Waals surface area contributed by atoms with Gasteiger partial charge in [0.1, 0.15) is 5.82 Å². The van der Waals surface area contributed by atoms with E-state index in [1.807, 2.05) is 28.8 Å². The molecule has 0 aliphatic carbocycles. The number of sulfonamides is 1. The van der Waals surface area contributed by atoms with Gasteiger partial charge in [-0.05, 0) is 37.1 Å². The van der Waals surface area contributed by atoms with E-state index >= 15 is 0 Å². The largest absolute Gasteiger partial charge is 0.383 e. The summed E-state index contributed by atoms with van der Waals surface area (Å²) in [7, 11) is -1.63. The van der Waals surface area contributed by atoms with E-state index in [4.69, 9.17) is 4.74 Å². The Labute approximate surface area is 195 Å². The van der Waals surface area contributed by atoms with Gasteiger partial charge < -0.3 is 14.6 Å². The number of ether oxygens (including phenoxy) is 1. The first kappa shape index (κ1) is 24.2. The number of nitrogens with zero attached hydrogens (tertiary/aromatic N) is 4. The minimum absolute atomic E-state index is 0.0428. The third kappa shape index (κ3) is 6.75. The number of hydrogen-bond acceptors (Lipinski definition) is 7. The second-order valence-corrected chi connectivity index (χ2v) is 11.1. The summed E-state index contributed by atoms with van der Waals surface area (Å²) in [6.07, 6.45) is 2.84. The maximum Gasteiger partial charge on any atom is 0.234 e. The van der Waals surface area contributed by atoms with Crippen molar-refractivity contribution in [3.63, 3.8) is 0 Å². The predicted molar refractivity (Wildman–Crippen MR) is 124 cm³/mol. The highest BCUT2D eigenvalue weighted by atomic mass is 79.9. The van der Waals surface area contributed by atoms with Crippen molar-refractivity contribution in [3.05, 3.63) is 34.6 Å². The number of aromatic nitrogens is 3. The molecule has 0 saturated carbocycles. The fourth-order valence-electron chi connectivity index (χ4n) is 3.42. The van der Waals surface area contributed by atoms with Gasteiger partial charge in [-0.25, -0.2) is 12.7 Å². The van der Waals surface area contributed by atoms with Crippen LogP contribution in [0.5, 0.6) is 0 Å². The molecule has 1 saturated heterocycles. The van der Waals surface area contributed by atoms with Crippen molar-refractivity contribution in [2.45, 2.75) is 30.5 Å². The van der Waals surface area contributed by atoms with Crippen molar-refractivity contribution >= 4 is 49.3 Å². The molecule has 0 spiro atoms. The van der Waals surface area contributed by atoms with Gasteiger partial charge in [0.2, 0.25) is 15.9 Å². The van der Waals surface area contributed by atoms with Gasteiger partial charge >= 0.3 is 0 Å². The Morgan fingerprint density at radius 1 is 1.32 bits per heavy atom. The number of anilines is 1. The molecule has 1 N–H and O–H groups in total. The molecule has 0 bridgehead atoms. The third-order valence-electron chi connectivity index (χ3n) is 4.94. The smallest absolute Gasteiger partial charge is 0.234 e. The van der Waals surface area contributed by atoms with E-state index in [2.05, 4.69) is 31.4 Å². The zero-order valence-electron chi connectivity index (χ0n) is 17.5. The Balaban J connectivity index is 1.69. The topological polar surface area (TPSA) is 106 Å². The Kier molecular flexibility index (Phi) is 8.50. The molecule has 3 rings (SSSR count). The van der Waals surface area contributed by atoms with E-state index in [-0.39, 0.29) is 17.6 Å². The van der Waals surface area contributed by atoms with Crippen molar-refractivity contribution in [1.82, 2.24) is 19.1 Å². The highest BCUT2D eigenvalue weighted by molar-refractivity contribution is 9.10. The fourth-order valence-corrected chi connectivity index (χ4v) is 5.36. The summed E-state index contributed by atoms with van der Waals surface area (Å²) >= 11 is 4.67. The maximum atomic E-state index is 12.4. The number of nitrogens with one attached hydrogen (secondary N) is 1. The van der Waals surface area contributed by atoms with Gasteiger partial charge in [0.25, 0.3) is 0 Å². The maximum absolute atomic E-state index is 12.4. The van der Waals surface area contributed by atoms with Crippen LogP contribution < -0.4 is 5.32 Å². The van der Waals surface area contributed by atoms with Gasteiger partial charge in [-0.3, -0.25) is 4.79 Å². The van der Waals surface area contributed by atoms with Crippen LogP contribution >= 0.6 is 27.7 Å². The molecule has 1 aromatic heterocycles. The van der Waals surface area contributed by atoms with E-state index in [0.29, 0.717) is 31.4 Å². The molecule has 0 unspecified atom stereocenters. The minimum atomic E-state index is -3.25. The summed E-state index contributed by atoms with van der Waals surface area (Å²) in [5.74, 6) is 0.734. The molecule has 12 heteroatoms. The molecule has 9 nitrogen and oxygen atoms in total. The van der Waals surface area contributed by atoms with Crippen molar-refractivity contribution < 1.29 is 17.9 Å². The van der Waals surface area contributed by atoms with E-state index in [1.165, 1.54) is 22.3 Å². The number of carbonyl (C=O) groups is 1.